The number of ether oxygens (including phenoxy) is 1. The quantitative estimate of drug-likeness (QED) is 0.383. The summed E-state index contributed by atoms with van der Waals surface area (Å²) in [6.45, 7) is 7.61. The van der Waals surface area contributed by atoms with Gasteiger partial charge in [0.15, 0.2) is 0 Å². The number of hydrogen-bond acceptors (Lipinski definition) is 5. The second kappa shape index (κ2) is 13.6. The van der Waals surface area contributed by atoms with Crippen molar-refractivity contribution in [3.63, 3.8) is 0 Å². The van der Waals surface area contributed by atoms with E-state index in [-0.39, 0.29) is 0 Å². The number of nitrogens with two attached hydrogens (primary N) is 3. The molecule has 1 aliphatic carbocycles. The van der Waals surface area contributed by atoms with Crippen molar-refractivity contribution in [2.45, 2.75) is 45.4 Å². The van der Waals surface area contributed by atoms with Gasteiger partial charge in [-0.3, -0.25) is 0 Å². The largest absolute Gasteiger partial charge is 0.405 e. The predicted octanol–water partition coefficient (Wildman–Crippen LogP) is 1.82. The first-order valence-corrected chi connectivity index (χ1v) is 9.79. The van der Waals surface area contributed by atoms with E-state index in [1.807, 2.05) is 6.08 Å². The molecule has 1 saturated carbocycles. The molecule has 0 amide bonds. The van der Waals surface area contributed by atoms with Crippen molar-refractivity contribution in [2.75, 3.05) is 39.4 Å². The Labute approximate surface area is 148 Å². The van der Waals surface area contributed by atoms with Gasteiger partial charge in [0.1, 0.15) is 0 Å². The molecule has 0 saturated heterocycles. The van der Waals surface area contributed by atoms with Crippen LogP contribution in [0.2, 0.25) is 0 Å². The lowest BCUT2D eigenvalue weighted by Crippen LogP contribution is -2.36. The average Bonchev–Trinajstić information content (AvgIpc) is 2.58. The summed E-state index contributed by atoms with van der Waals surface area (Å²) in [5.41, 5.74) is 16.7. The van der Waals surface area contributed by atoms with Gasteiger partial charge >= 0.3 is 0 Å². The molecule has 0 aromatic carbocycles. The first kappa shape index (κ1) is 21.4. The van der Waals surface area contributed by atoms with Crippen LogP contribution in [0, 0.1) is 23.7 Å². The summed E-state index contributed by atoms with van der Waals surface area (Å²) < 4.78 is 5.68. The minimum Gasteiger partial charge on any atom is -0.405 e. The maximum atomic E-state index is 5.82. The van der Waals surface area contributed by atoms with Crippen LogP contribution in [0.15, 0.2) is 12.3 Å². The third-order valence-electron chi connectivity index (χ3n) is 5.67. The number of hydrogen-bond donors (Lipinski definition) is 4. The van der Waals surface area contributed by atoms with E-state index in [0.717, 1.165) is 69.3 Å². The molecular formula is C19H40N4O. The summed E-state index contributed by atoms with van der Waals surface area (Å²) in [6, 6.07) is 0. The highest BCUT2D eigenvalue weighted by atomic mass is 16.5. The monoisotopic (exact) mass is 340 g/mol. The lowest BCUT2D eigenvalue weighted by Gasteiger charge is -2.42. The Morgan fingerprint density at radius 3 is 2.54 bits per heavy atom. The molecule has 5 nitrogen and oxygen atoms in total. The van der Waals surface area contributed by atoms with E-state index in [4.69, 9.17) is 21.9 Å². The maximum absolute atomic E-state index is 5.82. The van der Waals surface area contributed by atoms with E-state index in [2.05, 4.69) is 12.2 Å². The van der Waals surface area contributed by atoms with E-state index in [0.29, 0.717) is 6.61 Å². The number of rotatable bonds is 13. The molecule has 1 fully saturated rings. The normalized spacial score (nSPS) is 27.8. The highest BCUT2D eigenvalue weighted by Gasteiger charge is 2.35. The zero-order chi connectivity index (χ0) is 17.6. The second-order valence-corrected chi connectivity index (χ2v) is 7.17. The van der Waals surface area contributed by atoms with Crippen LogP contribution in [0.4, 0.5) is 0 Å². The zero-order valence-corrected chi connectivity index (χ0v) is 15.6. The van der Waals surface area contributed by atoms with Gasteiger partial charge in [0.25, 0.3) is 0 Å². The molecule has 0 spiro atoms. The van der Waals surface area contributed by atoms with E-state index in [1.54, 1.807) is 6.20 Å². The topological polar surface area (TPSA) is 99.3 Å². The minimum atomic E-state index is 0.625. The smallest absolute Gasteiger partial charge is 0.0664 e. The fourth-order valence-corrected chi connectivity index (χ4v) is 4.22. The Morgan fingerprint density at radius 2 is 1.83 bits per heavy atom. The van der Waals surface area contributed by atoms with Crippen LogP contribution in [-0.4, -0.2) is 39.4 Å². The van der Waals surface area contributed by atoms with Crippen LogP contribution in [0.5, 0.6) is 0 Å². The van der Waals surface area contributed by atoms with Crippen molar-refractivity contribution in [3.05, 3.63) is 12.3 Å². The van der Waals surface area contributed by atoms with Crippen molar-refractivity contribution in [1.29, 1.82) is 0 Å². The third-order valence-corrected chi connectivity index (χ3v) is 5.67. The molecule has 0 aromatic rings. The van der Waals surface area contributed by atoms with Crippen LogP contribution in [0.1, 0.15) is 45.4 Å². The Morgan fingerprint density at radius 1 is 1.04 bits per heavy atom. The second-order valence-electron chi connectivity index (χ2n) is 7.17. The average molecular weight is 341 g/mol. The number of nitrogens with one attached hydrogen (secondary N) is 1. The van der Waals surface area contributed by atoms with Crippen LogP contribution in [-0.2, 0) is 4.74 Å². The Balaban J connectivity index is 2.45. The zero-order valence-electron chi connectivity index (χ0n) is 15.6. The molecule has 5 heteroatoms. The lowest BCUT2D eigenvalue weighted by atomic mass is 9.64. The van der Waals surface area contributed by atoms with Crippen LogP contribution >= 0.6 is 0 Å². The first-order chi connectivity index (χ1) is 11.7. The van der Waals surface area contributed by atoms with Crippen LogP contribution in [0.3, 0.4) is 0 Å². The fraction of sp³-hybridized carbons (Fsp3) is 0.895. The van der Waals surface area contributed by atoms with Gasteiger partial charge in [0.2, 0.25) is 0 Å². The molecule has 1 rings (SSSR count). The summed E-state index contributed by atoms with van der Waals surface area (Å²) >= 11 is 0. The van der Waals surface area contributed by atoms with Crippen molar-refractivity contribution < 1.29 is 4.74 Å². The lowest BCUT2D eigenvalue weighted by molar-refractivity contribution is 0.0585. The molecule has 1 aliphatic rings. The van der Waals surface area contributed by atoms with Crippen molar-refractivity contribution >= 4 is 0 Å². The highest BCUT2D eigenvalue weighted by Crippen LogP contribution is 2.43. The molecule has 0 aromatic heterocycles. The molecule has 142 valence electrons. The Kier molecular flexibility index (Phi) is 12.2. The van der Waals surface area contributed by atoms with E-state index in [1.165, 1.54) is 25.7 Å². The van der Waals surface area contributed by atoms with Crippen molar-refractivity contribution in [2.24, 2.45) is 40.9 Å². The first-order valence-electron chi connectivity index (χ1n) is 9.79. The van der Waals surface area contributed by atoms with Gasteiger partial charge in [-0.15, -0.1) is 0 Å². The third kappa shape index (κ3) is 7.97. The van der Waals surface area contributed by atoms with E-state index < -0.39 is 0 Å². The molecule has 4 unspecified atom stereocenters. The summed E-state index contributed by atoms with van der Waals surface area (Å²) in [5.74, 6) is 3.09. The van der Waals surface area contributed by atoms with Gasteiger partial charge in [-0.05, 0) is 101 Å². The summed E-state index contributed by atoms with van der Waals surface area (Å²) in [4.78, 5) is 0. The van der Waals surface area contributed by atoms with Gasteiger partial charge < -0.3 is 27.3 Å². The minimum absolute atomic E-state index is 0.625. The molecule has 0 aliphatic heterocycles. The van der Waals surface area contributed by atoms with E-state index >= 15 is 0 Å². The molecule has 0 radical (unpaired) electrons. The van der Waals surface area contributed by atoms with Crippen molar-refractivity contribution in [1.82, 2.24) is 5.32 Å². The van der Waals surface area contributed by atoms with Gasteiger partial charge in [-0.2, -0.15) is 0 Å². The van der Waals surface area contributed by atoms with Crippen molar-refractivity contribution in [3.8, 4) is 0 Å². The summed E-state index contributed by atoms with van der Waals surface area (Å²) in [6.07, 6.45) is 10.7. The fourth-order valence-electron chi connectivity index (χ4n) is 4.22. The van der Waals surface area contributed by atoms with Gasteiger partial charge in [0.05, 0.1) is 6.61 Å². The summed E-state index contributed by atoms with van der Waals surface area (Å²) in [7, 11) is 0. The predicted molar refractivity (Wildman–Crippen MR) is 102 cm³/mol. The molecule has 4 atom stereocenters. The molecule has 7 N–H and O–H groups in total. The van der Waals surface area contributed by atoms with Crippen LogP contribution < -0.4 is 22.5 Å². The van der Waals surface area contributed by atoms with E-state index in [9.17, 15) is 0 Å². The molecule has 0 bridgehead atoms. The van der Waals surface area contributed by atoms with Gasteiger partial charge in [-0.25, -0.2) is 0 Å². The Hall–Kier alpha value is -0.620. The standard InChI is InChI=1S/C19H40N4O/c1-16-17(6-11-22)4-5-18(8-15-24-14-3-10-21)19(16)7-13-23-12-2-9-20/h3,10,16-19,23H,2,4-9,11-15,20-22H2,1H3/b10-3+. The summed E-state index contributed by atoms with van der Waals surface area (Å²) in [5, 5.41) is 3.55. The molecular weight excluding hydrogens is 300 g/mol. The van der Waals surface area contributed by atoms with Crippen LogP contribution in [0.25, 0.3) is 0 Å². The maximum Gasteiger partial charge on any atom is 0.0664 e. The van der Waals surface area contributed by atoms with Gasteiger partial charge in [0, 0.05) is 6.61 Å². The highest BCUT2D eigenvalue weighted by molar-refractivity contribution is 4.86. The molecule has 24 heavy (non-hydrogen) atoms. The Bertz CT molecular complexity index is 324. The van der Waals surface area contributed by atoms with Gasteiger partial charge in [-0.1, -0.05) is 6.92 Å². The molecule has 0 heterocycles. The SMILES string of the molecule is CC1C(CCN)CCC(CCOC/C=C/N)C1CCNCCCN.